The highest BCUT2D eigenvalue weighted by Crippen LogP contribution is 2.24. The zero-order valence-electron chi connectivity index (χ0n) is 7.37. The molecule has 0 saturated carbocycles. The van der Waals surface area contributed by atoms with Gasteiger partial charge < -0.3 is 9.72 Å². The summed E-state index contributed by atoms with van der Waals surface area (Å²) in [6.07, 6.45) is 1.54. The Morgan fingerprint density at radius 3 is 3.07 bits per heavy atom. The molecule has 0 atom stereocenters. The van der Waals surface area contributed by atoms with Crippen molar-refractivity contribution in [3.63, 3.8) is 0 Å². The Morgan fingerprint density at radius 2 is 2.36 bits per heavy atom. The molecule has 0 amide bonds. The summed E-state index contributed by atoms with van der Waals surface area (Å²) >= 11 is 3.36. The highest BCUT2D eigenvalue weighted by molar-refractivity contribution is 9.10. The Hall–Kier alpha value is -1.36. The number of nitrogens with zero attached hydrogens (tertiary/aromatic N) is 1. The summed E-state index contributed by atoms with van der Waals surface area (Å²) in [5.41, 5.74) is 1.88. The van der Waals surface area contributed by atoms with E-state index in [9.17, 15) is 4.79 Å². The van der Waals surface area contributed by atoms with Gasteiger partial charge in [0.2, 0.25) is 0 Å². The smallest absolute Gasteiger partial charge is 0.340 e. The van der Waals surface area contributed by atoms with Crippen LogP contribution in [0.25, 0.3) is 11.0 Å². The van der Waals surface area contributed by atoms with Crippen LogP contribution < -0.4 is 0 Å². The normalized spacial score (nSPS) is 10.4. The van der Waals surface area contributed by atoms with Crippen molar-refractivity contribution in [3.8, 4) is 0 Å². The van der Waals surface area contributed by atoms with Gasteiger partial charge in [-0.05, 0) is 28.1 Å². The molecule has 2 aromatic rings. The van der Waals surface area contributed by atoms with E-state index in [0.717, 1.165) is 9.99 Å². The number of aromatic nitrogens is 2. The predicted molar refractivity (Wildman–Crippen MR) is 55.1 cm³/mol. The minimum Gasteiger partial charge on any atom is -0.465 e. The molecular formula is C9H7BrN2O2. The fraction of sp³-hybridized carbons (Fsp3) is 0.111. The summed E-state index contributed by atoms with van der Waals surface area (Å²) in [5.74, 6) is -0.380. The Labute approximate surface area is 88.4 Å². The first-order valence-electron chi connectivity index (χ1n) is 3.94. The van der Waals surface area contributed by atoms with Crippen molar-refractivity contribution in [2.45, 2.75) is 0 Å². The van der Waals surface area contributed by atoms with Crippen LogP contribution in [0.3, 0.4) is 0 Å². The van der Waals surface area contributed by atoms with Crippen LogP contribution in [0, 0.1) is 0 Å². The number of aromatic amines is 1. The van der Waals surface area contributed by atoms with Crippen LogP contribution in [0.2, 0.25) is 0 Å². The van der Waals surface area contributed by atoms with Crippen LogP contribution in [-0.4, -0.2) is 23.0 Å². The lowest BCUT2D eigenvalue weighted by Crippen LogP contribution is -2.01. The molecule has 0 aliphatic rings. The molecule has 0 aliphatic heterocycles. The van der Waals surface area contributed by atoms with Crippen LogP contribution in [0.5, 0.6) is 0 Å². The van der Waals surface area contributed by atoms with Gasteiger partial charge in [-0.1, -0.05) is 0 Å². The minimum absolute atomic E-state index is 0.380. The van der Waals surface area contributed by atoms with Crippen LogP contribution in [-0.2, 0) is 4.74 Å². The van der Waals surface area contributed by atoms with Crippen molar-refractivity contribution >= 4 is 32.9 Å². The van der Waals surface area contributed by atoms with E-state index in [1.807, 2.05) is 0 Å². The van der Waals surface area contributed by atoms with E-state index in [-0.39, 0.29) is 5.97 Å². The van der Waals surface area contributed by atoms with Gasteiger partial charge in [0.25, 0.3) is 0 Å². The molecule has 72 valence electrons. The topological polar surface area (TPSA) is 55.0 Å². The lowest BCUT2D eigenvalue weighted by molar-refractivity contribution is 0.0603. The number of hydrogen-bond acceptors (Lipinski definition) is 3. The predicted octanol–water partition coefficient (Wildman–Crippen LogP) is 2.11. The lowest BCUT2D eigenvalue weighted by Gasteiger charge is -2.00. The van der Waals surface area contributed by atoms with Gasteiger partial charge in [-0.2, -0.15) is 0 Å². The molecule has 14 heavy (non-hydrogen) atoms. The molecule has 1 aromatic heterocycles. The number of carbonyl (C=O) groups is 1. The number of ether oxygens (including phenoxy) is 1. The number of rotatable bonds is 1. The molecule has 2 rings (SSSR count). The summed E-state index contributed by atoms with van der Waals surface area (Å²) in [7, 11) is 1.35. The van der Waals surface area contributed by atoms with E-state index in [1.165, 1.54) is 7.11 Å². The quantitative estimate of drug-likeness (QED) is 0.794. The monoisotopic (exact) mass is 254 g/mol. The molecule has 0 radical (unpaired) electrons. The second-order valence-electron chi connectivity index (χ2n) is 2.71. The average Bonchev–Trinajstić information content (AvgIpc) is 2.67. The number of H-pyrrole nitrogens is 1. The number of halogens is 1. The number of nitrogens with one attached hydrogen (secondary N) is 1. The zero-order valence-corrected chi connectivity index (χ0v) is 8.96. The van der Waals surface area contributed by atoms with E-state index < -0.39 is 0 Å². The first-order valence-corrected chi connectivity index (χ1v) is 4.73. The van der Waals surface area contributed by atoms with Crippen molar-refractivity contribution in [3.05, 3.63) is 28.5 Å². The summed E-state index contributed by atoms with van der Waals surface area (Å²) in [6.45, 7) is 0. The molecule has 0 fully saturated rings. The molecule has 1 N–H and O–H groups in total. The fourth-order valence-electron chi connectivity index (χ4n) is 1.27. The number of fused-ring (bicyclic) bond motifs is 1. The number of benzene rings is 1. The van der Waals surface area contributed by atoms with E-state index >= 15 is 0 Å². The molecule has 1 heterocycles. The highest BCUT2D eigenvalue weighted by Gasteiger charge is 2.13. The number of methoxy groups -OCH3 is 1. The Balaban J connectivity index is 2.72. The molecule has 0 bridgehead atoms. The van der Waals surface area contributed by atoms with Crippen LogP contribution in [0.1, 0.15) is 10.4 Å². The molecule has 4 nitrogen and oxygen atoms in total. The molecule has 0 saturated heterocycles. The van der Waals surface area contributed by atoms with Crippen molar-refractivity contribution in [2.24, 2.45) is 0 Å². The third-order valence-electron chi connectivity index (χ3n) is 1.93. The maximum Gasteiger partial charge on any atom is 0.340 e. The zero-order chi connectivity index (χ0) is 10.1. The molecule has 5 heteroatoms. The third-order valence-corrected chi connectivity index (χ3v) is 2.60. The van der Waals surface area contributed by atoms with Crippen LogP contribution in [0.4, 0.5) is 0 Å². The van der Waals surface area contributed by atoms with Crippen molar-refractivity contribution < 1.29 is 9.53 Å². The standard InChI is InChI=1S/C9H7BrN2O2/c1-14-9(13)5-2-3-6(10)8-7(5)11-4-12-8/h2-4H,1H3,(H,11,12). The first kappa shape index (κ1) is 9.21. The molecule has 0 aliphatic carbocycles. The fourth-order valence-corrected chi connectivity index (χ4v) is 1.71. The van der Waals surface area contributed by atoms with E-state index in [1.54, 1.807) is 18.5 Å². The van der Waals surface area contributed by atoms with Gasteiger partial charge in [-0.3, -0.25) is 0 Å². The van der Waals surface area contributed by atoms with Gasteiger partial charge in [0.1, 0.15) is 5.52 Å². The number of imidazole rings is 1. The summed E-state index contributed by atoms with van der Waals surface area (Å²) in [5, 5.41) is 0. The molecule has 0 unspecified atom stereocenters. The van der Waals surface area contributed by atoms with Gasteiger partial charge in [0.15, 0.2) is 0 Å². The van der Waals surface area contributed by atoms with Crippen molar-refractivity contribution in [1.82, 2.24) is 9.97 Å². The van der Waals surface area contributed by atoms with Gasteiger partial charge >= 0.3 is 5.97 Å². The summed E-state index contributed by atoms with van der Waals surface area (Å²) in [6, 6.07) is 3.46. The number of esters is 1. The Kier molecular flexibility index (Phi) is 2.25. The minimum atomic E-state index is -0.380. The average molecular weight is 255 g/mol. The van der Waals surface area contributed by atoms with Crippen molar-refractivity contribution in [2.75, 3.05) is 7.11 Å². The maximum atomic E-state index is 11.3. The van der Waals surface area contributed by atoms with Gasteiger partial charge in [-0.25, -0.2) is 9.78 Å². The third kappa shape index (κ3) is 1.29. The van der Waals surface area contributed by atoms with Gasteiger partial charge in [0, 0.05) is 4.47 Å². The largest absolute Gasteiger partial charge is 0.465 e. The van der Waals surface area contributed by atoms with Crippen LogP contribution >= 0.6 is 15.9 Å². The maximum absolute atomic E-state index is 11.3. The SMILES string of the molecule is COC(=O)c1ccc(Br)c2[nH]cnc12. The number of carbonyl (C=O) groups excluding carboxylic acids is 1. The second kappa shape index (κ2) is 3.42. The van der Waals surface area contributed by atoms with Gasteiger partial charge in [0.05, 0.1) is 24.5 Å². The first-order chi connectivity index (χ1) is 6.74. The van der Waals surface area contributed by atoms with E-state index in [0.29, 0.717) is 11.1 Å². The molecular weight excluding hydrogens is 248 g/mol. The van der Waals surface area contributed by atoms with E-state index in [2.05, 4.69) is 30.6 Å². The number of hydrogen-bond donors (Lipinski definition) is 1. The Bertz CT molecular complexity index is 493. The highest BCUT2D eigenvalue weighted by atomic mass is 79.9. The summed E-state index contributed by atoms with van der Waals surface area (Å²) in [4.78, 5) is 18.3. The van der Waals surface area contributed by atoms with Crippen LogP contribution in [0.15, 0.2) is 22.9 Å². The van der Waals surface area contributed by atoms with E-state index in [4.69, 9.17) is 0 Å². The van der Waals surface area contributed by atoms with Crippen molar-refractivity contribution in [1.29, 1.82) is 0 Å². The second-order valence-corrected chi connectivity index (χ2v) is 3.57. The molecule has 0 spiro atoms. The summed E-state index contributed by atoms with van der Waals surface area (Å²) < 4.78 is 5.52. The Morgan fingerprint density at radius 1 is 1.57 bits per heavy atom. The van der Waals surface area contributed by atoms with Gasteiger partial charge in [-0.15, -0.1) is 0 Å². The molecule has 1 aromatic carbocycles. The lowest BCUT2D eigenvalue weighted by atomic mass is 10.2.